The van der Waals surface area contributed by atoms with Crippen molar-refractivity contribution in [3.63, 3.8) is 0 Å². The van der Waals surface area contributed by atoms with Crippen LogP contribution in [0.5, 0.6) is 0 Å². The maximum absolute atomic E-state index is 4.11. The van der Waals surface area contributed by atoms with Crippen molar-refractivity contribution in [2.45, 2.75) is 6.42 Å². The molecule has 0 saturated carbocycles. The molecule has 0 aliphatic heterocycles. The summed E-state index contributed by atoms with van der Waals surface area (Å²) in [5, 5.41) is 2.10. The molecule has 0 unspecified atom stereocenters. The first kappa shape index (κ1) is 6.17. The summed E-state index contributed by atoms with van der Waals surface area (Å²) >= 11 is 5.91. The van der Waals surface area contributed by atoms with E-state index in [0.717, 1.165) is 12.2 Å². The Bertz CT molecular complexity index is 132. The van der Waals surface area contributed by atoms with E-state index in [2.05, 4.69) is 30.1 Å². The SMILES string of the molecule is SCCc1cccs1. The third-order valence-electron chi connectivity index (χ3n) is 0.938. The topological polar surface area (TPSA) is 0 Å². The minimum Gasteiger partial charge on any atom is -0.179 e. The Morgan fingerprint density at radius 1 is 1.62 bits per heavy atom. The monoisotopic (exact) mass is 144 g/mol. The number of rotatable bonds is 2. The van der Waals surface area contributed by atoms with Crippen molar-refractivity contribution < 1.29 is 0 Å². The molecule has 0 N–H and O–H groups in total. The van der Waals surface area contributed by atoms with Gasteiger partial charge in [-0.3, -0.25) is 0 Å². The van der Waals surface area contributed by atoms with Crippen LogP contribution in [-0.4, -0.2) is 5.75 Å². The molecular formula is C6H8S2. The second-order valence-corrected chi connectivity index (χ2v) is 3.03. The van der Waals surface area contributed by atoms with Crippen LogP contribution in [0.3, 0.4) is 0 Å². The fraction of sp³-hybridized carbons (Fsp3) is 0.333. The van der Waals surface area contributed by atoms with Crippen molar-refractivity contribution in [2.24, 2.45) is 0 Å². The lowest BCUT2D eigenvalue weighted by atomic mass is 10.4. The summed E-state index contributed by atoms with van der Waals surface area (Å²) in [6.45, 7) is 0. The summed E-state index contributed by atoms with van der Waals surface area (Å²) in [5.74, 6) is 0.959. The molecule has 1 heterocycles. The molecule has 0 bridgehead atoms. The van der Waals surface area contributed by atoms with Gasteiger partial charge in [0.1, 0.15) is 0 Å². The van der Waals surface area contributed by atoms with E-state index in [-0.39, 0.29) is 0 Å². The van der Waals surface area contributed by atoms with Crippen LogP contribution < -0.4 is 0 Å². The number of thiol groups is 1. The van der Waals surface area contributed by atoms with Crippen molar-refractivity contribution >= 4 is 24.0 Å². The van der Waals surface area contributed by atoms with Gasteiger partial charge < -0.3 is 0 Å². The first-order chi connectivity index (χ1) is 3.93. The molecule has 1 aromatic heterocycles. The van der Waals surface area contributed by atoms with Crippen LogP contribution in [0.1, 0.15) is 4.88 Å². The average molecular weight is 144 g/mol. The van der Waals surface area contributed by atoms with Gasteiger partial charge in [-0.2, -0.15) is 12.6 Å². The summed E-state index contributed by atoms with van der Waals surface area (Å²) in [5.41, 5.74) is 0. The van der Waals surface area contributed by atoms with Gasteiger partial charge in [0, 0.05) is 4.88 Å². The second-order valence-electron chi connectivity index (χ2n) is 1.55. The lowest BCUT2D eigenvalue weighted by Gasteiger charge is -1.85. The molecule has 0 saturated heterocycles. The van der Waals surface area contributed by atoms with E-state index in [1.807, 2.05) is 0 Å². The summed E-state index contributed by atoms with van der Waals surface area (Å²) in [6, 6.07) is 4.21. The zero-order valence-corrected chi connectivity index (χ0v) is 6.21. The maximum atomic E-state index is 4.11. The smallest absolute Gasteiger partial charge is 0.00533 e. The van der Waals surface area contributed by atoms with E-state index in [1.54, 1.807) is 11.3 Å². The number of hydrogen-bond acceptors (Lipinski definition) is 2. The zero-order valence-electron chi connectivity index (χ0n) is 4.50. The van der Waals surface area contributed by atoms with E-state index in [4.69, 9.17) is 0 Å². The average Bonchev–Trinajstić information content (AvgIpc) is 2.19. The van der Waals surface area contributed by atoms with Gasteiger partial charge in [0.2, 0.25) is 0 Å². The lowest BCUT2D eigenvalue weighted by Crippen LogP contribution is -1.76. The van der Waals surface area contributed by atoms with Crippen LogP contribution in [0.25, 0.3) is 0 Å². The van der Waals surface area contributed by atoms with Crippen LogP contribution in [0.2, 0.25) is 0 Å². The van der Waals surface area contributed by atoms with Gasteiger partial charge in [-0.15, -0.1) is 11.3 Å². The van der Waals surface area contributed by atoms with Crippen LogP contribution in [0, 0.1) is 0 Å². The van der Waals surface area contributed by atoms with Gasteiger partial charge in [-0.25, -0.2) is 0 Å². The van der Waals surface area contributed by atoms with Crippen molar-refractivity contribution in [3.8, 4) is 0 Å². The molecule has 44 valence electrons. The minimum absolute atomic E-state index is 0.959. The Morgan fingerprint density at radius 2 is 2.50 bits per heavy atom. The standard InChI is InChI=1S/C6H8S2/c7-4-3-6-2-1-5-8-6/h1-2,5,7H,3-4H2. The molecule has 0 aromatic carbocycles. The molecule has 0 amide bonds. The fourth-order valence-electron chi connectivity index (χ4n) is 0.565. The molecule has 8 heavy (non-hydrogen) atoms. The van der Waals surface area contributed by atoms with Crippen LogP contribution in [0.4, 0.5) is 0 Å². The molecule has 0 radical (unpaired) electrons. The molecule has 0 aliphatic carbocycles. The quantitative estimate of drug-likeness (QED) is 0.604. The van der Waals surface area contributed by atoms with Crippen molar-refractivity contribution in [1.82, 2.24) is 0 Å². The first-order valence-electron chi connectivity index (χ1n) is 2.56. The highest BCUT2D eigenvalue weighted by atomic mass is 32.1. The van der Waals surface area contributed by atoms with Crippen molar-refractivity contribution in [2.75, 3.05) is 5.75 Å². The Hall–Kier alpha value is 0.0500. The second kappa shape index (κ2) is 3.15. The van der Waals surface area contributed by atoms with Crippen molar-refractivity contribution in [1.29, 1.82) is 0 Å². The first-order valence-corrected chi connectivity index (χ1v) is 4.08. The molecule has 0 atom stereocenters. The molecule has 0 nitrogen and oxygen atoms in total. The molecule has 0 aliphatic rings. The third-order valence-corrected chi connectivity index (χ3v) is 2.10. The molecule has 0 fully saturated rings. The van der Waals surface area contributed by atoms with E-state index in [1.165, 1.54) is 4.88 Å². The summed E-state index contributed by atoms with van der Waals surface area (Å²) in [4.78, 5) is 1.43. The predicted octanol–water partition coefficient (Wildman–Crippen LogP) is 2.22. The van der Waals surface area contributed by atoms with Gasteiger partial charge >= 0.3 is 0 Å². The van der Waals surface area contributed by atoms with Crippen LogP contribution >= 0.6 is 24.0 Å². The van der Waals surface area contributed by atoms with E-state index in [9.17, 15) is 0 Å². The van der Waals surface area contributed by atoms with Gasteiger partial charge in [0.05, 0.1) is 0 Å². The van der Waals surface area contributed by atoms with E-state index in [0.29, 0.717) is 0 Å². The van der Waals surface area contributed by atoms with E-state index >= 15 is 0 Å². The number of aryl methyl sites for hydroxylation is 1. The Labute approximate surface area is 59.0 Å². The molecule has 1 aromatic rings. The minimum atomic E-state index is 0.959. The molecular weight excluding hydrogens is 136 g/mol. The Morgan fingerprint density at radius 3 is 3.00 bits per heavy atom. The Balaban J connectivity index is 2.50. The highest BCUT2D eigenvalue weighted by molar-refractivity contribution is 7.80. The third kappa shape index (κ3) is 1.53. The summed E-state index contributed by atoms with van der Waals surface area (Å²) < 4.78 is 0. The van der Waals surface area contributed by atoms with Gasteiger partial charge in [0.25, 0.3) is 0 Å². The van der Waals surface area contributed by atoms with Gasteiger partial charge in [-0.05, 0) is 23.6 Å². The highest BCUT2D eigenvalue weighted by Gasteiger charge is 1.87. The zero-order chi connectivity index (χ0) is 5.82. The molecule has 2 heteroatoms. The Kier molecular flexibility index (Phi) is 2.43. The highest BCUT2D eigenvalue weighted by Crippen LogP contribution is 2.08. The van der Waals surface area contributed by atoms with E-state index < -0.39 is 0 Å². The van der Waals surface area contributed by atoms with Crippen molar-refractivity contribution in [3.05, 3.63) is 22.4 Å². The largest absolute Gasteiger partial charge is 0.179 e. The normalized spacial score (nSPS) is 9.62. The molecule has 1 rings (SSSR count). The summed E-state index contributed by atoms with van der Waals surface area (Å²) in [7, 11) is 0. The van der Waals surface area contributed by atoms with Crippen LogP contribution in [-0.2, 0) is 6.42 Å². The predicted molar refractivity (Wildman–Crippen MR) is 41.9 cm³/mol. The summed E-state index contributed by atoms with van der Waals surface area (Å²) in [6.07, 6.45) is 1.11. The number of thiophene rings is 1. The molecule has 0 spiro atoms. The fourth-order valence-corrected chi connectivity index (χ4v) is 1.67. The van der Waals surface area contributed by atoms with Gasteiger partial charge in [-0.1, -0.05) is 6.07 Å². The maximum Gasteiger partial charge on any atom is 0.00533 e. The van der Waals surface area contributed by atoms with Crippen LogP contribution in [0.15, 0.2) is 17.5 Å². The number of hydrogen-bond donors (Lipinski definition) is 1. The van der Waals surface area contributed by atoms with Gasteiger partial charge in [0.15, 0.2) is 0 Å². The lowest BCUT2D eigenvalue weighted by molar-refractivity contribution is 1.21.